The predicted octanol–water partition coefficient (Wildman–Crippen LogP) is 4.25. The van der Waals surface area contributed by atoms with Gasteiger partial charge in [0, 0.05) is 12.8 Å². The molecular weight excluding hydrogens is 460 g/mol. The van der Waals surface area contributed by atoms with Gasteiger partial charge in [-0.05, 0) is 90.1 Å². The molecule has 1 saturated heterocycles. The number of rotatable bonds is 14. The number of hydrogen-bond acceptors (Lipinski definition) is 6. The second-order valence-electron chi connectivity index (χ2n) is 10.7. The molecule has 0 bridgehead atoms. The number of aliphatic carboxylic acids is 1. The number of hydrogen-bond donors (Lipinski definition) is 3. The fourth-order valence-corrected chi connectivity index (χ4v) is 4.36. The zero-order valence-electron chi connectivity index (χ0n) is 22.4. The minimum atomic E-state index is -1.04. The molecule has 0 aromatic heterocycles. The molecule has 2 rings (SSSR count). The Morgan fingerprint density at radius 3 is 2.33 bits per heavy atom. The Morgan fingerprint density at radius 1 is 1.08 bits per heavy atom. The molecule has 1 heterocycles. The van der Waals surface area contributed by atoms with Gasteiger partial charge in [0.2, 0.25) is 5.91 Å². The maximum atomic E-state index is 12.9. The molecule has 1 aliphatic rings. The van der Waals surface area contributed by atoms with Crippen LogP contribution in [-0.4, -0.2) is 54.3 Å². The van der Waals surface area contributed by atoms with Gasteiger partial charge in [-0.1, -0.05) is 25.5 Å². The highest BCUT2D eigenvalue weighted by Gasteiger charge is 2.41. The van der Waals surface area contributed by atoms with Crippen molar-refractivity contribution in [1.82, 2.24) is 10.6 Å². The summed E-state index contributed by atoms with van der Waals surface area (Å²) < 4.78 is 11.6. The molecule has 202 valence electrons. The lowest BCUT2D eigenvalue weighted by atomic mass is 9.75. The highest BCUT2D eigenvalue weighted by Crippen LogP contribution is 2.37. The van der Waals surface area contributed by atoms with E-state index in [0.717, 1.165) is 63.6 Å². The van der Waals surface area contributed by atoms with Crippen molar-refractivity contribution in [3.8, 4) is 5.75 Å². The number of ether oxygens (including phenoxy) is 2. The summed E-state index contributed by atoms with van der Waals surface area (Å²) in [6.45, 7) is 9.90. The number of unbranched alkanes of at least 4 members (excludes halogenated alkanes) is 2. The Hall–Kier alpha value is -2.61. The van der Waals surface area contributed by atoms with Crippen molar-refractivity contribution < 1.29 is 29.0 Å². The summed E-state index contributed by atoms with van der Waals surface area (Å²) in [5.41, 5.74) is -0.0990. The van der Waals surface area contributed by atoms with Crippen LogP contribution in [0.2, 0.25) is 0 Å². The summed E-state index contributed by atoms with van der Waals surface area (Å²) in [4.78, 5) is 36.4. The lowest BCUT2D eigenvalue weighted by Gasteiger charge is -2.37. The molecule has 3 N–H and O–H groups in total. The van der Waals surface area contributed by atoms with E-state index >= 15 is 0 Å². The maximum Gasteiger partial charge on any atom is 0.326 e. The second kappa shape index (κ2) is 14.2. The molecule has 1 fully saturated rings. The minimum absolute atomic E-state index is 0.0887. The van der Waals surface area contributed by atoms with Crippen LogP contribution in [0.1, 0.15) is 84.6 Å². The van der Waals surface area contributed by atoms with Gasteiger partial charge in [-0.15, -0.1) is 0 Å². The van der Waals surface area contributed by atoms with Gasteiger partial charge < -0.3 is 25.2 Å². The first kappa shape index (κ1) is 29.6. The summed E-state index contributed by atoms with van der Waals surface area (Å²) in [7, 11) is 0. The SMILES string of the molecule is CCCCC(=O)NC(Cc1ccc(OCCCCC2(C(=O)OC(C)(C)C)CCNCC2)cc1)C(=O)O. The summed E-state index contributed by atoms with van der Waals surface area (Å²) in [5, 5.41) is 15.4. The van der Waals surface area contributed by atoms with Gasteiger partial charge in [0.25, 0.3) is 0 Å². The molecular formula is C28H44N2O6. The molecule has 1 aromatic carbocycles. The second-order valence-corrected chi connectivity index (χ2v) is 10.7. The van der Waals surface area contributed by atoms with Gasteiger partial charge in [-0.2, -0.15) is 0 Å². The number of esters is 1. The standard InChI is InChI=1S/C28H44N2O6/c1-5-6-9-24(31)30-23(25(32)33)20-21-10-12-22(13-11-21)35-19-8-7-14-28(15-17-29-18-16-28)26(34)36-27(2,3)4/h10-13,23,29H,5-9,14-20H2,1-4H3,(H,30,31)(H,32,33). The Morgan fingerprint density at radius 2 is 1.75 bits per heavy atom. The molecule has 1 amide bonds. The number of carboxylic acid groups (broad SMARTS) is 1. The van der Waals surface area contributed by atoms with E-state index in [9.17, 15) is 19.5 Å². The molecule has 0 saturated carbocycles. The van der Waals surface area contributed by atoms with E-state index in [2.05, 4.69) is 10.6 Å². The first-order valence-corrected chi connectivity index (χ1v) is 13.2. The Kier molecular flexibility index (Phi) is 11.7. The van der Waals surface area contributed by atoms with Gasteiger partial charge in [0.1, 0.15) is 17.4 Å². The number of nitrogens with one attached hydrogen (secondary N) is 2. The van der Waals surface area contributed by atoms with Gasteiger partial charge in [0.15, 0.2) is 0 Å². The van der Waals surface area contributed by atoms with Gasteiger partial charge in [0.05, 0.1) is 12.0 Å². The van der Waals surface area contributed by atoms with E-state index in [1.165, 1.54) is 0 Å². The van der Waals surface area contributed by atoms with Crippen molar-refractivity contribution in [2.24, 2.45) is 5.41 Å². The van der Waals surface area contributed by atoms with E-state index in [0.29, 0.717) is 18.8 Å². The van der Waals surface area contributed by atoms with E-state index in [1.54, 1.807) is 0 Å². The third-order valence-corrected chi connectivity index (χ3v) is 6.46. The Balaban J connectivity index is 1.80. The first-order chi connectivity index (χ1) is 17.0. The molecule has 8 nitrogen and oxygen atoms in total. The minimum Gasteiger partial charge on any atom is -0.494 e. The fraction of sp³-hybridized carbons (Fsp3) is 0.679. The molecule has 0 spiro atoms. The van der Waals surface area contributed by atoms with Crippen molar-refractivity contribution in [1.29, 1.82) is 0 Å². The lowest BCUT2D eigenvalue weighted by Crippen LogP contribution is -2.45. The summed E-state index contributed by atoms with van der Waals surface area (Å²) in [6, 6.07) is 6.35. The average molecular weight is 505 g/mol. The maximum absolute atomic E-state index is 12.9. The smallest absolute Gasteiger partial charge is 0.326 e. The van der Waals surface area contributed by atoms with Gasteiger partial charge >= 0.3 is 11.9 Å². The molecule has 1 unspecified atom stereocenters. The van der Waals surface area contributed by atoms with Crippen LogP contribution < -0.4 is 15.4 Å². The van der Waals surface area contributed by atoms with Crippen molar-refractivity contribution in [2.45, 2.75) is 97.1 Å². The van der Waals surface area contributed by atoms with Gasteiger partial charge in [-0.3, -0.25) is 9.59 Å². The monoisotopic (exact) mass is 504 g/mol. The Bertz CT molecular complexity index is 841. The van der Waals surface area contributed by atoms with Crippen molar-refractivity contribution in [3.05, 3.63) is 29.8 Å². The highest BCUT2D eigenvalue weighted by atomic mass is 16.6. The van der Waals surface area contributed by atoms with Gasteiger partial charge in [-0.25, -0.2) is 4.79 Å². The van der Waals surface area contributed by atoms with Crippen LogP contribution in [-0.2, 0) is 25.5 Å². The summed E-state index contributed by atoms with van der Waals surface area (Å²) in [5.74, 6) is -0.657. The van der Waals surface area contributed by atoms with Crippen LogP contribution in [0.3, 0.4) is 0 Å². The largest absolute Gasteiger partial charge is 0.494 e. The molecule has 0 radical (unpaired) electrons. The van der Waals surface area contributed by atoms with E-state index in [1.807, 2.05) is 52.0 Å². The number of benzene rings is 1. The van der Waals surface area contributed by atoms with E-state index < -0.39 is 23.0 Å². The van der Waals surface area contributed by atoms with Crippen LogP contribution in [0.25, 0.3) is 0 Å². The molecule has 1 aliphatic heterocycles. The molecule has 1 atom stereocenters. The third kappa shape index (κ3) is 10.2. The van der Waals surface area contributed by atoms with Crippen molar-refractivity contribution >= 4 is 17.8 Å². The zero-order valence-corrected chi connectivity index (χ0v) is 22.4. The summed E-state index contributed by atoms with van der Waals surface area (Å²) in [6.07, 6.45) is 6.24. The van der Waals surface area contributed by atoms with Crippen molar-refractivity contribution in [3.63, 3.8) is 0 Å². The van der Waals surface area contributed by atoms with Crippen LogP contribution in [0.5, 0.6) is 5.75 Å². The number of carboxylic acids is 1. The van der Waals surface area contributed by atoms with Crippen LogP contribution in [0, 0.1) is 5.41 Å². The number of carbonyl (C=O) groups excluding carboxylic acids is 2. The van der Waals surface area contributed by atoms with E-state index in [-0.39, 0.29) is 18.3 Å². The summed E-state index contributed by atoms with van der Waals surface area (Å²) >= 11 is 0. The fourth-order valence-electron chi connectivity index (χ4n) is 4.36. The lowest BCUT2D eigenvalue weighted by molar-refractivity contribution is -0.170. The van der Waals surface area contributed by atoms with Crippen LogP contribution >= 0.6 is 0 Å². The normalized spacial score (nSPS) is 16.1. The Labute approximate surface area is 215 Å². The molecule has 1 aromatic rings. The number of carbonyl (C=O) groups is 3. The molecule has 36 heavy (non-hydrogen) atoms. The average Bonchev–Trinajstić information content (AvgIpc) is 2.82. The van der Waals surface area contributed by atoms with Crippen LogP contribution in [0.15, 0.2) is 24.3 Å². The highest BCUT2D eigenvalue weighted by molar-refractivity contribution is 5.83. The topological polar surface area (TPSA) is 114 Å². The first-order valence-electron chi connectivity index (χ1n) is 13.2. The molecule has 0 aliphatic carbocycles. The van der Waals surface area contributed by atoms with Crippen LogP contribution in [0.4, 0.5) is 0 Å². The third-order valence-electron chi connectivity index (χ3n) is 6.46. The zero-order chi connectivity index (χ0) is 26.6. The quantitative estimate of drug-likeness (QED) is 0.256. The number of piperidine rings is 1. The predicted molar refractivity (Wildman–Crippen MR) is 139 cm³/mol. The number of amides is 1. The molecule has 8 heteroatoms. The van der Waals surface area contributed by atoms with Crippen molar-refractivity contribution in [2.75, 3.05) is 19.7 Å². The van der Waals surface area contributed by atoms with E-state index in [4.69, 9.17) is 9.47 Å².